The molecule has 2 aliphatic carbocycles. The monoisotopic (exact) mass is 467 g/mol. The SMILES string of the molecule is CCOC(=O)C1(Oc2cc(C)c(Cc3ccc(OCOC)c(C4CCCCC4)n3)c(C)c2)CC1. The largest absolute Gasteiger partial charge is 0.476 e. The molecule has 0 N–H and O–H groups in total. The van der Waals surface area contributed by atoms with Crippen molar-refractivity contribution in [1.82, 2.24) is 4.98 Å². The number of hydrogen-bond acceptors (Lipinski definition) is 6. The van der Waals surface area contributed by atoms with Gasteiger partial charge in [-0.25, -0.2) is 4.79 Å². The lowest BCUT2D eigenvalue weighted by molar-refractivity contribution is -0.153. The summed E-state index contributed by atoms with van der Waals surface area (Å²) in [7, 11) is 1.64. The molecule has 1 aromatic heterocycles. The molecule has 34 heavy (non-hydrogen) atoms. The molecule has 2 fully saturated rings. The van der Waals surface area contributed by atoms with Crippen LogP contribution in [-0.2, 0) is 20.7 Å². The number of ether oxygens (including phenoxy) is 4. The number of carbonyl (C=O) groups excluding carboxylic acids is 1. The highest BCUT2D eigenvalue weighted by atomic mass is 16.7. The molecule has 1 heterocycles. The van der Waals surface area contributed by atoms with Crippen molar-refractivity contribution in [3.05, 3.63) is 52.3 Å². The summed E-state index contributed by atoms with van der Waals surface area (Å²) in [6.07, 6.45) is 8.26. The number of pyridine rings is 1. The summed E-state index contributed by atoms with van der Waals surface area (Å²) in [5.74, 6) is 1.74. The summed E-state index contributed by atoms with van der Waals surface area (Å²) in [6, 6.07) is 8.16. The lowest BCUT2D eigenvalue weighted by atomic mass is 9.86. The third-order valence-electron chi connectivity index (χ3n) is 6.96. The van der Waals surface area contributed by atoms with Gasteiger partial charge in [-0.1, -0.05) is 19.3 Å². The van der Waals surface area contributed by atoms with Gasteiger partial charge in [-0.05, 0) is 74.6 Å². The molecule has 0 atom stereocenters. The molecule has 6 heteroatoms. The fourth-order valence-electron chi connectivity index (χ4n) is 4.94. The topological polar surface area (TPSA) is 66.9 Å². The van der Waals surface area contributed by atoms with Crippen molar-refractivity contribution in [3.8, 4) is 11.5 Å². The molecule has 1 aromatic carbocycles. The minimum Gasteiger partial charge on any atom is -0.476 e. The van der Waals surface area contributed by atoms with Crippen LogP contribution in [0.2, 0.25) is 0 Å². The maximum Gasteiger partial charge on any atom is 0.350 e. The first-order valence-electron chi connectivity index (χ1n) is 12.5. The fourth-order valence-corrected chi connectivity index (χ4v) is 4.94. The van der Waals surface area contributed by atoms with Gasteiger partial charge in [0.05, 0.1) is 12.3 Å². The third kappa shape index (κ3) is 5.54. The molecule has 0 unspecified atom stereocenters. The summed E-state index contributed by atoms with van der Waals surface area (Å²) >= 11 is 0. The van der Waals surface area contributed by atoms with Gasteiger partial charge in [0.25, 0.3) is 0 Å². The fraction of sp³-hybridized carbons (Fsp3) is 0.571. The van der Waals surface area contributed by atoms with Crippen LogP contribution in [0, 0.1) is 13.8 Å². The molecule has 0 spiro atoms. The van der Waals surface area contributed by atoms with E-state index in [1.807, 2.05) is 25.1 Å². The van der Waals surface area contributed by atoms with Gasteiger partial charge in [-0.3, -0.25) is 4.98 Å². The predicted octanol–water partition coefficient (Wildman–Crippen LogP) is 5.79. The lowest BCUT2D eigenvalue weighted by Gasteiger charge is -2.24. The van der Waals surface area contributed by atoms with E-state index in [1.165, 1.54) is 24.8 Å². The number of esters is 1. The van der Waals surface area contributed by atoms with Gasteiger partial charge < -0.3 is 18.9 Å². The van der Waals surface area contributed by atoms with Crippen molar-refractivity contribution in [3.63, 3.8) is 0 Å². The van der Waals surface area contributed by atoms with E-state index in [4.69, 9.17) is 23.9 Å². The Morgan fingerprint density at radius 1 is 1.09 bits per heavy atom. The minimum absolute atomic E-state index is 0.230. The van der Waals surface area contributed by atoms with E-state index >= 15 is 0 Å². The van der Waals surface area contributed by atoms with Crippen molar-refractivity contribution >= 4 is 5.97 Å². The number of aromatic nitrogens is 1. The van der Waals surface area contributed by atoms with Crippen LogP contribution in [0.1, 0.15) is 85.9 Å². The summed E-state index contributed by atoms with van der Waals surface area (Å²) < 4.78 is 22.3. The molecular formula is C28H37NO5. The molecule has 184 valence electrons. The van der Waals surface area contributed by atoms with E-state index in [2.05, 4.69) is 19.9 Å². The quantitative estimate of drug-likeness (QED) is 0.325. The Hall–Kier alpha value is -2.60. The van der Waals surface area contributed by atoms with Gasteiger partial charge in [-0.15, -0.1) is 0 Å². The van der Waals surface area contributed by atoms with E-state index in [-0.39, 0.29) is 12.8 Å². The molecule has 0 amide bonds. The molecule has 2 aromatic rings. The molecule has 0 bridgehead atoms. The average molecular weight is 468 g/mol. The number of methoxy groups -OCH3 is 1. The van der Waals surface area contributed by atoms with Gasteiger partial charge >= 0.3 is 5.97 Å². The first kappa shape index (κ1) is 24.5. The molecular weight excluding hydrogens is 430 g/mol. The zero-order valence-electron chi connectivity index (χ0n) is 20.9. The third-order valence-corrected chi connectivity index (χ3v) is 6.96. The second kappa shape index (κ2) is 10.8. The second-order valence-corrected chi connectivity index (χ2v) is 9.60. The highest BCUT2D eigenvalue weighted by molar-refractivity contribution is 5.83. The van der Waals surface area contributed by atoms with Gasteiger partial charge in [-0.2, -0.15) is 0 Å². The van der Waals surface area contributed by atoms with Gasteiger partial charge in [0.15, 0.2) is 6.79 Å². The van der Waals surface area contributed by atoms with Crippen LogP contribution in [0.25, 0.3) is 0 Å². The van der Waals surface area contributed by atoms with Crippen LogP contribution < -0.4 is 9.47 Å². The van der Waals surface area contributed by atoms with E-state index in [9.17, 15) is 4.79 Å². The van der Waals surface area contributed by atoms with E-state index in [0.717, 1.165) is 53.3 Å². The van der Waals surface area contributed by atoms with Gasteiger partial charge in [0.1, 0.15) is 11.5 Å². The van der Waals surface area contributed by atoms with E-state index in [0.29, 0.717) is 25.4 Å². The van der Waals surface area contributed by atoms with E-state index in [1.54, 1.807) is 7.11 Å². The number of nitrogens with zero attached hydrogens (tertiary/aromatic N) is 1. The molecule has 6 nitrogen and oxygen atoms in total. The van der Waals surface area contributed by atoms with Crippen LogP contribution in [0.5, 0.6) is 11.5 Å². The van der Waals surface area contributed by atoms with Gasteiger partial charge in [0.2, 0.25) is 5.60 Å². The Morgan fingerprint density at radius 3 is 2.41 bits per heavy atom. The van der Waals surface area contributed by atoms with Crippen LogP contribution in [0.4, 0.5) is 0 Å². The number of benzene rings is 1. The maximum absolute atomic E-state index is 12.3. The summed E-state index contributed by atoms with van der Waals surface area (Å²) in [5, 5.41) is 0. The Labute approximate surface area is 203 Å². The van der Waals surface area contributed by atoms with Crippen LogP contribution in [0.15, 0.2) is 24.3 Å². The Balaban J connectivity index is 1.54. The molecule has 0 radical (unpaired) electrons. The number of hydrogen-bond donors (Lipinski definition) is 0. The molecule has 2 aliphatic rings. The normalized spacial score (nSPS) is 17.3. The highest BCUT2D eigenvalue weighted by Crippen LogP contribution is 2.42. The van der Waals surface area contributed by atoms with Crippen molar-refractivity contribution in [2.24, 2.45) is 0 Å². The van der Waals surface area contributed by atoms with Crippen LogP contribution in [0.3, 0.4) is 0 Å². The summed E-state index contributed by atoms with van der Waals surface area (Å²) in [5.41, 5.74) is 4.81. The molecule has 0 saturated heterocycles. The average Bonchev–Trinajstić information content (AvgIpc) is 3.62. The maximum atomic E-state index is 12.3. The molecule has 4 rings (SSSR count). The number of aryl methyl sites for hydroxylation is 2. The summed E-state index contributed by atoms with van der Waals surface area (Å²) in [4.78, 5) is 17.4. The zero-order chi connectivity index (χ0) is 24.1. The van der Waals surface area contributed by atoms with Crippen LogP contribution in [-0.4, -0.2) is 37.1 Å². The number of carbonyl (C=O) groups is 1. The summed E-state index contributed by atoms with van der Waals surface area (Å²) in [6.45, 7) is 6.61. The molecule has 0 aliphatic heterocycles. The Morgan fingerprint density at radius 2 is 1.79 bits per heavy atom. The predicted molar refractivity (Wildman–Crippen MR) is 131 cm³/mol. The van der Waals surface area contributed by atoms with Crippen LogP contribution >= 0.6 is 0 Å². The Kier molecular flexibility index (Phi) is 7.77. The first-order valence-corrected chi connectivity index (χ1v) is 12.5. The van der Waals surface area contributed by atoms with Gasteiger partial charge in [0, 0.05) is 38.0 Å². The van der Waals surface area contributed by atoms with E-state index < -0.39 is 5.60 Å². The highest BCUT2D eigenvalue weighted by Gasteiger charge is 2.54. The standard InChI is InChI=1S/C28H37NO5/c1-5-32-27(30)28(13-14-28)34-23-15-19(2)24(20(3)16-23)17-22-11-12-25(33-18-31-4)26(29-22)21-9-7-6-8-10-21/h11-12,15-16,21H,5-10,13-14,17-18H2,1-4H3. The zero-order valence-corrected chi connectivity index (χ0v) is 20.9. The number of rotatable bonds is 10. The smallest absolute Gasteiger partial charge is 0.350 e. The van der Waals surface area contributed by atoms with Crippen molar-refractivity contribution in [2.45, 2.75) is 83.7 Å². The van der Waals surface area contributed by atoms with Crippen molar-refractivity contribution in [1.29, 1.82) is 0 Å². The Bertz CT molecular complexity index is 985. The van der Waals surface area contributed by atoms with Crippen molar-refractivity contribution < 1.29 is 23.7 Å². The molecule has 2 saturated carbocycles. The first-order chi connectivity index (χ1) is 16.5. The van der Waals surface area contributed by atoms with Crippen molar-refractivity contribution in [2.75, 3.05) is 20.5 Å². The minimum atomic E-state index is -0.801. The second-order valence-electron chi connectivity index (χ2n) is 9.60. The lowest BCUT2D eigenvalue weighted by Crippen LogP contribution is -2.31.